The Morgan fingerprint density at radius 2 is 2.15 bits per heavy atom. The predicted molar refractivity (Wildman–Crippen MR) is 84.7 cm³/mol. The third kappa shape index (κ3) is 2.63. The molecule has 0 aliphatic rings. The summed E-state index contributed by atoms with van der Waals surface area (Å²) in [6.45, 7) is 3.76. The normalized spacial score (nSPS) is 13.7. The van der Waals surface area contributed by atoms with E-state index in [1.165, 1.54) is 0 Å². The summed E-state index contributed by atoms with van der Waals surface area (Å²) in [5, 5.41) is 3.73. The topological polar surface area (TPSA) is 68.0 Å². The van der Waals surface area contributed by atoms with Crippen molar-refractivity contribution in [1.82, 2.24) is 10.3 Å². The van der Waals surface area contributed by atoms with Crippen molar-refractivity contribution in [3.8, 4) is 0 Å². The molecule has 2 rings (SSSR count). The van der Waals surface area contributed by atoms with Crippen LogP contribution in [0.4, 0.5) is 0 Å². The quantitative estimate of drug-likeness (QED) is 0.847. The van der Waals surface area contributed by atoms with Crippen LogP contribution < -0.4 is 11.1 Å². The molecular weight excluding hydrogens is 270 g/mol. The van der Waals surface area contributed by atoms with Gasteiger partial charge >= 0.3 is 0 Å². The number of carbonyl (C=O) groups is 1. The van der Waals surface area contributed by atoms with Crippen molar-refractivity contribution in [2.45, 2.75) is 25.8 Å². The molecule has 2 aromatic rings. The first-order valence-electron chi connectivity index (χ1n) is 6.44. The molecule has 0 radical (unpaired) electrons. The van der Waals surface area contributed by atoms with Crippen molar-refractivity contribution in [3.05, 3.63) is 42.1 Å². The molecular formula is C15H17N3OS. The van der Waals surface area contributed by atoms with E-state index in [0.717, 1.165) is 10.9 Å². The highest BCUT2D eigenvalue weighted by Crippen LogP contribution is 2.18. The van der Waals surface area contributed by atoms with Gasteiger partial charge in [-0.2, -0.15) is 0 Å². The summed E-state index contributed by atoms with van der Waals surface area (Å²) in [6, 6.07) is 9.15. The van der Waals surface area contributed by atoms with Crippen molar-refractivity contribution in [1.29, 1.82) is 0 Å². The van der Waals surface area contributed by atoms with Crippen LogP contribution in [-0.2, 0) is 0 Å². The van der Waals surface area contributed by atoms with E-state index in [-0.39, 0.29) is 10.9 Å². The lowest BCUT2D eigenvalue weighted by Crippen LogP contribution is -2.54. The first-order chi connectivity index (χ1) is 9.48. The van der Waals surface area contributed by atoms with Crippen LogP contribution in [0.3, 0.4) is 0 Å². The Bertz CT molecular complexity index is 666. The molecule has 0 fully saturated rings. The van der Waals surface area contributed by atoms with E-state index in [0.29, 0.717) is 12.0 Å². The molecule has 1 amide bonds. The van der Waals surface area contributed by atoms with Crippen LogP contribution in [0.25, 0.3) is 10.9 Å². The highest BCUT2D eigenvalue weighted by atomic mass is 32.1. The number of benzene rings is 1. The Kier molecular flexibility index (Phi) is 3.99. The van der Waals surface area contributed by atoms with Crippen LogP contribution in [0.15, 0.2) is 36.5 Å². The number of carbonyl (C=O) groups excluding carboxylic acids is 1. The van der Waals surface area contributed by atoms with Gasteiger partial charge < -0.3 is 11.1 Å². The van der Waals surface area contributed by atoms with Gasteiger partial charge in [-0.1, -0.05) is 31.3 Å². The third-order valence-electron chi connectivity index (χ3n) is 3.53. The molecule has 0 saturated carbocycles. The molecule has 0 spiro atoms. The summed E-state index contributed by atoms with van der Waals surface area (Å²) in [7, 11) is 0. The van der Waals surface area contributed by atoms with Gasteiger partial charge in [0.1, 0.15) is 0 Å². The first-order valence-corrected chi connectivity index (χ1v) is 6.85. The van der Waals surface area contributed by atoms with E-state index >= 15 is 0 Å². The third-order valence-corrected chi connectivity index (χ3v) is 3.98. The zero-order valence-corrected chi connectivity index (χ0v) is 12.3. The minimum Gasteiger partial charge on any atom is -0.391 e. The molecule has 0 bridgehead atoms. The molecule has 3 N–H and O–H groups in total. The van der Waals surface area contributed by atoms with Gasteiger partial charge in [-0.15, -0.1) is 0 Å². The Hall–Kier alpha value is -2.01. The van der Waals surface area contributed by atoms with E-state index in [1.54, 1.807) is 12.3 Å². The van der Waals surface area contributed by atoms with Crippen molar-refractivity contribution in [2.75, 3.05) is 0 Å². The number of fused-ring (bicyclic) bond motifs is 1. The number of aromatic nitrogens is 1. The van der Waals surface area contributed by atoms with Crippen LogP contribution in [0, 0.1) is 0 Å². The number of thiocarbonyl (C=S) groups is 1. The molecule has 1 aromatic carbocycles. The lowest BCUT2D eigenvalue weighted by Gasteiger charge is -2.28. The summed E-state index contributed by atoms with van der Waals surface area (Å²) in [6.07, 6.45) is 2.34. The van der Waals surface area contributed by atoms with Gasteiger partial charge in [0.05, 0.1) is 16.0 Å². The smallest absolute Gasteiger partial charge is 0.252 e. The van der Waals surface area contributed by atoms with E-state index in [4.69, 9.17) is 18.0 Å². The molecule has 0 aliphatic carbocycles. The van der Waals surface area contributed by atoms with Gasteiger partial charge in [0, 0.05) is 17.1 Å². The zero-order chi connectivity index (χ0) is 14.8. The lowest BCUT2D eigenvalue weighted by molar-refractivity contribution is 0.0928. The Labute approximate surface area is 123 Å². The summed E-state index contributed by atoms with van der Waals surface area (Å²) in [5.74, 6) is -0.194. The van der Waals surface area contributed by atoms with E-state index < -0.39 is 5.54 Å². The zero-order valence-electron chi connectivity index (χ0n) is 11.5. The van der Waals surface area contributed by atoms with Crippen LogP contribution >= 0.6 is 12.2 Å². The van der Waals surface area contributed by atoms with Crippen molar-refractivity contribution in [3.63, 3.8) is 0 Å². The SMILES string of the molecule is CCC(C)(NC(=O)c1cccc2ncccc12)C(N)=S. The highest BCUT2D eigenvalue weighted by molar-refractivity contribution is 7.80. The second kappa shape index (κ2) is 5.54. The fraction of sp³-hybridized carbons (Fsp3) is 0.267. The molecule has 4 nitrogen and oxygen atoms in total. The number of amides is 1. The Balaban J connectivity index is 2.40. The minimum absolute atomic E-state index is 0.194. The predicted octanol–water partition coefficient (Wildman–Crippen LogP) is 2.42. The van der Waals surface area contributed by atoms with Crippen LogP contribution in [0.1, 0.15) is 30.6 Å². The van der Waals surface area contributed by atoms with Gasteiger partial charge in [-0.3, -0.25) is 9.78 Å². The van der Waals surface area contributed by atoms with Crippen molar-refractivity contribution in [2.24, 2.45) is 5.73 Å². The molecule has 0 saturated heterocycles. The van der Waals surface area contributed by atoms with Crippen molar-refractivity contribution < 1.29 is 4.79 Å². The second-order valence-corrected chi connectivity index (χ2v) is 5.32. The lowest BCUT2D eigenvalue weighted by atomic mass is 9.97. The number of nitrogens with one attached hydrogen (secondary N) is 1. The number of rotatable bonds is 4. The molecule has 1 heterocycles. The average Bonchev–Trinajstić information content (AvgIpc) is 2.46. The van der Waals surface area contributed by atoms with Crippen LogP contribution in [0.2, 0.25) is 0 Å². The summed E-state index contributed by atoms with van der Waals surface area (Å²) < 4.78 is 0. The summed E-state index contributed by atoms with van der Waals surface area (Å²) >= 11 is 5.04. The first kappa shape index (κ1) is 14.4. The minimum atomic E-state index is -0.684. The summed E-state index contributed by atoms with van der Waals surface area (Å²) in [5.41, 5.74) is 6.40. The monoisotopic (exact) mass is 287 g/mol. The highest BCUT2D eigenvalue weighted by Gasteiger charge is 2.28. The number of hydrogen-bond acceptors (Lipinski definition) is 3. The van der Waals surface area contributed by atoms with Gasteiger partial charge in [0.25, 0.3) is 5.91 Å². The molecule has 1 atom stereocenters. The fourth-order valence-corrected chi connectivity index (χ4v) is 2.14. The van der Waals surface area contributed by atoms with Crippen LogP contribution in [-0.4, -0.2) is 21.4 Å². The maximum absolute atomic E-state index is 12.5. The molecule has 104 valence electrons. The Morgan fingerprint density at radius 1 is 1.40 bits per heavy atom. The summed E-state index contributed by atoms with van der Waals surface area (Å²) in [4.78, 5) is 17.0. The average molecular weight is 287 g/mol. The molecule has 5 heteroatoms. The van der Waals surface area contributed by atoms with E-state index in [9.17, 15) is 4.79 Å². The fourth-order valence-electron chi connectivity index (χ4n) is 1.94. The largest absolute Gasteiger partial charge is 0.391 e. The maximum atomic E-state index is 12.5. The van der Waals surface area contributed by atoms with E-state index in [2.05, 4.69) is 10.3 Å². The van der Waals surface area contributed by atoms with E-state index in [1.807, 2.05) is 38.1 Å². The van der Waals surface area contributed by atoms with Gasteiger partial charge in [0.15, 0.2) is 0 Å². The number of pyridine rings is 1. The Morgan fingerprint density at radius 3 is 2.80 bits per heavy atom. The standard InChI is InChI=1S/C15H17N3OS/c1-3-15(2,14(16)20)18-13(19)11-6-4-8-12-10(11)7-5-9-17-12/h4-9H,3H2,1-2H3,(H2,16,20)(H,18,19). The maximum Gasteiger partial charge on any atom is 0.252 e. The van der Waals surface area contributed by atoms with Gasteiger partial charge in [-0.25, -0.2) is 0 Å². The van der Waals surface area contributed by atoms with Crippen LogP contribution in [0.5, 0.6) is 0 Å². The number of nitrogens with two attached hydrogens (primary N) is 1. The molecule has 20 heavy (non-hydrogen) atoms. The van der Waals surface area contributed by atoms with Gasteiger partial charge in [0.2, 0.25) is 0 Å². The van der Waals surface area contributed by atoms with Crippen molar-refractivity contribution >= 4 is 34.0 Å². The number of hydrogen-bond donors (Lipinski definition) is 2. The molecule has 1 aromatic heterocycles. The molecule has 0 aliphatic heterocycles. The van der Waals surface area contributed by atoms with Gasteiger partial charge in [-0.05, 0) is 31.5 Å². The second-order valence-electron chi connectivity index (χ2n) is 4.88. The number of nitrogens with zero attached hydrogens (tertiary/aromatic N) is 1. The molecule has 1 unspecified atom stereocenters.